The van der Waals surface area contributed by atoms with E-state index in [1.165, 1.54) is 31.2 Å². The van der Waals surface area contributed by atoms with Crippen LogP contribution in [0.2, 0.25) is 0 Å². The van der Waals surface area contributed by atoms with Gasteiger partial charge < -0.3 is 15.0 Å². The van der Waals surface area contributed by atoms with Crippen molar-refractivity contribution in [1.29, 1.82) is 0 Å². The summed E-state index contributed by atoms with van der Waals surface area (Å²) in [5.74, 6) is 0.0942. The number of hydrogen-bond acceptors (Lipinski definition) is 5. The molecule has 1 unspecified atom stereocenters. The van der Waals surface area contributed by atoms with Gasteiger partial charge in [-0.05, 0) is 68.1 Å². The van der Waals surface area contributed by atoms with Crippen molar-refractivity contribution >= 4 is 17.7 Å². The number of fused-ring (bicyclic) bond motifs is 1. The van der Waals surface area contributed by atoms with Crippen molar-refractivity contribution in [3.05, 3.63) is 34.9 Å². The van der Waals surface area contributed by atoms with Gasteiger partial charge in [0.25, 0.3) is 5.91 Å². The molecule has 3 aliphatic heterocycles. The van der Waals surface area contributed by atoms with Crippen LogP contribution in [0.1, 0.15) is 79.8 Å². The van der Waals surface area contributed by atoms with Crippen LogP contribution in [0.4, 0.5) is 0 Å². The molecule has 3 amide bonds. The van der Waals surface area contributed by atoms with Crippen molar-refractivity contribution in [3.63, 3.8) is 0 Å². The molecule has 3 atom stereocenters. The van der Waals surface area contributed by atoms with Gasteiger partial charge in [0.15, 0.2) is 0 Å². The van der Waals surface area contributed by atoms with Crippen LogP contribution in [0.3, 0.4) is 0 Å². The van der Waals surface area contributed by atoms with Crippen LogP contribution in [0.15, 0.2) is 18.2 Å². The van der Waals surface area contributed by atoms with Gasteiger partial charge in [-0.25, -0.2) is 0 Å². The third-order valence-corrected chi connectivity index (χ3v) is 7.93. The van der Waals surface area contributed by atoms with Crippen molar-refractivity contribution in [2.24, 2.45) is 5.92 Å². The Bertz CT molecular complexity index is 924. The maximum absolute atomic E-state index is 12.9. The minimum absolute atomic E-state index is 0.119. The molecule has 7 nitrogen and oxygen atoms in total. The summed E-state index contributed by atoms with van der Waals surface area (Å²) in [6.45, 7) is 3.57. The van der Waals surface area contributed by atoms with Crippen LogP contribution >= 0.6 is 0 Å². The number of amides is 3. The van der Waals surface area contributed by atoms with E-state index >= 15 is 0 Å². The van der Waals surface area contributed by atoms with Gasteiger partial charge in [-0.1, -0.05) is 19.1 Å². The average molecular weight is 454 g/mol. The minimum Gasteiger partial charge on any atom is -0.376 e. The lowest BCUT2D eigenvalue weighted by Gasteiger charge is -2.37. The van der Waals surface area contributed by atoms with E-state index < -0.39 is 6.04 Å². The zero-order valence-corrected chi connectivity index (χ0v) is 19.5. The second-order valence-corrected chi connectivity index (χ2v) is 10.4. The Morgan fingerprint density at radius 2 is 1.91 bits per heavy atom. The van der Waals surface area contributed by atoms with E-state index in [1.807, 2.05) is 12.1 Å². The van der Waals surface area contributed by atoms with E-state index in [4.69, 9.17) is 4.74 Å². The van der Waals surface area contributed by atoms with E-state index in [2.05, 4.69) is 23.6 Å². The lowest BCUT2D eigenvalue weighted by molar-refractivity contribution is -0.136. The molecule has 178 valence electrons. The zero-order chi connectivity index (χ0) is 22.9. The molecule has 0 bridgehead atoms. The molecular formula is C26H35N3O4. The number of nitrogens with zero attached hydrogens (tertiary/aromatic N) is 1. The van der Waals surface area contributed by atoms with Crippen molar-refractivity contribution < 1.29 is 19.1 Å². The fourth-order valence-corrected chi connectivity index (χ4v) is 5.95. The lowest BCUT2D eigenvalue weighted by Crippen LogP contribution is -2.52. The molecule has 33 heavy (non-hydrogen) atoms. The van der Waals surface area contributed by atoms with Crippen molar-refractivity contribution in [2.75, 3.05) is 6.61 Å². The molecule has 1 aliphatic carbocycles. The van der Waals surface area contributed by atoms with Crippen LogP contribution in [0, 0.1) is 5.92 Å². The molecule has 1 saturated carbocycles. The molecule has 7 heteroatoms. The Labute approximate surface area is 195 Å². The van der Waals surface area contributed by atoms with E-state index in [1.54, 1.807) is 4.90 Å². The summed E-state index contributed by atoms with van der Waals surface area (Å²) in [5, 5.41) is 6.27. The summed E-state index contributed by atoms with van der Waals surface area (Å²) in [7, 11) is 0. The number of rotatable bonds is 5. The molecule has 3 fully saturated rings. The largest absolute Gasteiger partial charge is 0.376 e. The van der Waals surface area contributed by atoms with Gasteiger partial charge in [0.2, 0.25) is 11.8 Å². The van der Waals surface area contributed by atoms with E-state index in [0.717, 1.165) is 37.4 Å². The average Bonchev–Trinajstić information content (AvgIpc) is 3.12. The van der Waals surface area contributed by atoms with Gasteiger partial charge in [-0.3, -0.25) is 19.7 Å². The quantitative estimate of drug-likeness (QED) is 0.670. The fourth-order valence-electron chi connectivity index (χ4n) is 5.95. The standard InChI is InChI=1S/C26H35N3O4/c1-16-4-7-19(8-5-16)27-21-3-2-12-33-23(21)14-17-6-9-20-18(13-17)15-29(26(20)32)22-10-11-24(30)28-25(22)31/h6,9,13,16,19,21-23,27H,2-5,7-8,10-12,14-15H2,1H3,(H,28,30,31)/t16?,19?,21-,22?,23+/m0/s1. The van der Waals surface area contributed by atoms with E-state index in [-0.39, 0.29) is 30.2 Å². The predicted molar refractivity (Wildman–Crippen MR) is 124 cm³/mol. The first-order valence-electron chi connectivity index (χ1n) is 12.6. The SMILES string of the molecule is CC1CCC(N[C@H]2CCCO[C@@H]2Cc2ccc3c(c2)CN(C2CCC(=O)NC2=O)C3=O)CC1. The highest BCUT2D eigenvalue weighted by Crippen LogP contribution is 2.30. The Hall–Kier alpha value is -2.25. The van der Waals surface area contributed by atoms with Crippen LogP contribution in [0.25, 0.3) is 0 Å². The normalized spacial score (nSPS) is 32.6. The Morgan fingerprint density at radius 3 is 2.70 bits per heavy atom. The fraction of sp³-hybridized carbons (Fsp3) is 0.654. The Kier molecular flexibility index (Phi) is 6.52. The van der Waals surface area contributed by atoms with Crippen LogP contribution in [-0.2, 0) is 27.3 Å². The summed E-state index contributed by atoms with van der Waals surface area (Å²) in [4.78, 5) is 38.3. The summed E-state index contributed by atoms with van der Waals surface area (Å²) in [6.07, 6.45) is 8.97. The van der Waals surface area contributed by atoms with Gasteiger partial charge in [-0.2, -0.15) is 0 Å². The molecule has 0 aromatic heterocycles. The van der Waals surface area contributed by atoms with E-state index in [9.17, 15) is 14.4 Å². The first kappa shape index (κ1) is 22.5. The number of imide groups is 1. The molecule has 0 radical (unpaired) electrons. The first-order valence-corrected chi connectivity index (χ1v) is 12.6. The van der Waals surface area contributed by atoms with Gasteiger partial charge in [0.05, 0.1) is 6.10 Å². The van der Waals surface area contributed by atoms with Crippen molar-refractivity contribution in [3.8, 4) is 0 Å². The molecule has 0 spiro atoms. The second kappa shape index (κ2) is 9.55. The van der Waals surface area contributed by atoms with Gasteiger partial charge in [0.1, 0.15) is 6.04 Å². The minimum atomic E-state index is -0.570. The molecule has 1 aromatic carbocycles. The molecular weight excluding hydrogens is 418 g/mol. The highest BCUT2D eigenvalue weighted by Gasteiger charge is 2.39. The zero-order valence-electron chi connectivity index (χ0n) is 19.5. The Balaban J connectivity index is 1.24. The second-order valence-electron chi connectivity index (χ2n) is 10.4. The highest BCUT2D eigenvalue weighted by atomic mass is 16.5. The molecule has 2 saturated heterocycles. The molecule has 3 heterocycles. The number of piperidine rings is 1. The van der Waals surface area contributed by atoms with Crippen LogP contribution in [-0.4, -0.2) is 53.5 Å². The summed E-state index contributed by atoms with van der Waals surface area (Å²) in [6, 6.07) is 6.42. The highest BCUT2D eigenvalue weighted by molar-refractivity contribution is 6.05. The topological polar surface area (TPSA) is 87.7 Å². The number of carbonyl (C=O) groups is 3. The Morgan fingerprint density at radius 1 is 1.09 bits per heavy atom. The first-order chi connectivity index (χ1) is 16.0. The lowest BCUT2D eigenvalue weighted by atomic mass is 9.86. The predicted octanol–water partition coefficient (Wildman–Crippen LogP) is 2.71. The number of carbonyl (C=O) groups excluding carboxylic acids is 3. The summed E-state index contributed by atoms with van der Waals surface area (Å²) in [5.41, 5.74) is 2.80. The third kappa shape index (κ3) is 4.85. The van der Waals surface area contributed by atoms with Gasteiger partial charge >= 0.3 is 0 Å². The molecule has 5 rings (SSSR count). The molecule has 1 aromatic rings. The van der Waals surface area contributed by atoms with Crippen LogP contribution < -0.4 is 10.6 Å². The third-order valence-electron chi connectivity index (χ3n) is 7.93. The van der Waals surface area contributed by atoms with E-state index in [0.29, 0.717) is 30.6 Å². The number of ether oxygens (including phenoxy) is 1. The van der Waals surface area contributed by atoms with Crippen molar-refractivity contribution in [2.45, 2.75) is 95.5 Å². The number of hydrogen-bond donors (Lipinski definition) is 2. The van der Waals surface area contributed by atoms with Gasteiger partial charge in [-0.15, -0.1) is 0 Å². The molecule has 2 N–H and O–H groups in total. The number of nitrogens with one attached hydrogen (secondary N) is 2. The van der Waals surface area contributed by atoms with Crippen molar-refractivity contribution in [1.82, 2.24) is 15.5 Å². The smallest absolute Gasteiger partial charge is 0.255 e. The monoisotopic (exact) mass is 453 g/mol. The number of benzene rings is 1. The maximum Gasteiger partial charge on any atom is 0.255 e. The molecule has 4 aliphatic rings. The maximum atomic E-state index is 12.9. The van der Waals surface area contributed by atoms with Gasteiger partial charge in [0, 0.05) is 43.6 Å². The van der Waals surface area contributed by atoms with Crippen LogP contribution in [0.5, 0.6) is 0 Å². The summed E-state index contributed by atoms with van der Waals surface area (Å²) < 4.78 is 6.21. The summed E-state index contributed by atoms with van der Waals surface area (Å²) >= 11 is 0.